The Labute approximate surface area is 195 Å². The monoisotopic (exact) mass is 481 g/mol. The molecule has 0 atom stereocenters. The van der Waals surface area contributed by atoms with E-state index in [0.717, 1.165) is 12.8 Å². The Balaban J connectivity index is 1.58. The summed E-state index contributed by atoms with van der Waals surface area (Å²) in [6.07, 6.45) is -2.88. The summed E-state index contributed by atoms with van der Waals surface area (Å²) in [6, 6.07) is 5.08. The molecule has 1 aliphatic heterocycles. The van der Waals surface area contributed by atoms with Gasteiger partial charge in [0.15, 0.2) is 11.5 Å². The van der Waals surface area contributed by atoms with Gasteiger partial charge >= 0.3 is 6.18 Å². The third-order valence-electron chi connectivity index (χ3n) is 5.54. The van der Waals surface area contributed by atoms with E-state index in [0.29, 0.717) is 49.6 Å². The molecular weight excluding hydrogens is 454 g/mol. The van der Waals surface area contributed by atoms with Gasteiger partial charge in [0, 0.05) is 32.7 Å². The first-order valence-electron chi connectivity index (χ1n) is 11.1. The van der Waals surface area contributed by atoms with E-state index in [4.69, 9.17) is 0 Å². The number of halogens is 4. The van der Waals surface area contributed by atoms with Gasteiger partial charge in [-0.3, -0.25) is 9.59 Å². The molecule has 11 heteroatoms. The first kappa shape index (κ1) is 25.4. The zero-order chi connectivity index (χ0) is 24.9. The largest absolute Gasteiger partial charge is 0.417 e. The minimum absolute atomic E-state index is 0.131. The van der Waals surface area contributed by atoms with Crippen LogP contribution in [0, 0.1) is 11.7 Å². The molecule has 0 saturated carbocycles. The van der Waals surface area contributed by atoms with Crippen molar-refractivity contribution in [2.75, 3.05) is 37.6 Å². The Kier molecular flexibility index (Phi) is 8.06. The first-order valence-corrected chi connectivity index (χ1v) is 11.1. The standard InChI is InChI=1S/C23H27F4N5O2/c1-15(2)4-3-9-28-21(33)19-7-8-20(30-29-19)31-10-12-32(13-11-31)22(34)17-14-16(24)5-6-18(17)23(25,26)27/h5-8,14-15H,3-4,9-13H2,1-2H3,(H,28,33). The first-order chi connectivity index (χ1) is 16.1. The van der Waals surface area contributed by atoms with Crippen LogP contribution < -0.4 is 10.2 Å². The van der Waals surface area contributed by atoms with E-state index in [1.807, 2.05) is 4.90 Å². The average Bonchev–Trinajstić information content (AvgIpc) is 2.80. The maximum absolute atomic E-state index is 13.6. The van der Waals surface area contributed by atoms with Crippen LogP contribution in [0.1, 0.15) is 53.1 Å². The third kappa shape index (κ3) is 6.42. The van der Waals surface area contributed by atoms with Crippen molar-refractivity contribution in [2.45, 2.75) is 32.9 Å². The van der Waals surface area contributed by atoms with Gasteiger partial charge in [-0.25, -0.2) is 4.39 Å². The zero-order valence-corrected chi connectivity index (χ0v) is 19.0. The molecule has 34 heavy (non-hydrogen) atoms. The number of benzene rings is 1. The lowest BCUT2D eigenvalue weighted by Gasteiger charge is -2.35. The van der Waals surface area contributed by atoms with Crippen LogP contribution >= 0.6 is 0 Å². The van der Waals surface area contributed by atoms with Gasteiger partial charge in [0.25, 0.3) is 11.8 Å². The molecule has 2 heterocycles. The smallest absolute Gasteiger partial charge is 0.352 e. The summed E-state index contributed by atoms with van der Waals surface area (Å²) in [5, 5.41) is 10.8. The van der Waals surface area contributed by atoms with Crippen LogP contribution in [0.25, 0.3) is 0 Å². The van der Waals surface area contributed by atoms with Gasteiger partial charge in [0.1, 0.15) is 5.82 Å². The lowest BCUT2D eigenvalue weighted by Crippen LogP contribution is -2.49. The summed E-state index contributed by atoms with van der Waals surface area (Å²) in [5.41, 5.74) is -1.68. The topological polar surface area (TPSA) is 78.4 Å². The maximum atomic E-state index is 13.6. The van der Waals surface area contributed by atoms with Crippen molar-refractivity contribution >= 4 is 17.6 Å². The number of hydrogen-bond donors (Lipinski definition) is 1. The number of nitrogens with one attached hydrogen (secondary N) is 1. The average molecular weight is 481 g/mol. The number of piperazine rings is 1. The predicted molar refractivity (Wildman–Crippen MR) is 118 cm³/mol. The number of amides is 2. The summed E-state index contributed by atoms with van der Waals surface area (Å²) in [5.74, 6) is -1.04. The molecule has 0 unspecified atom stereocenters. The van der Waals surface area contributed by atoms with Gasteiger partial charge in [0.05, 0.1) is 11.1 Å². The summed E-state index contributed by atoms with van der Waals surface area (Å²) >= 11 is 0. The molecular formula is C23H27F4N5O2. The molecule has 2 aromatic rings. The molecule has 2 amide bonds. The van der Waals surface area contributed by atoms with E-state index < -0.39 is 29.0 Å². The van der Waals surface area contributed by atoms with Crippen LogP contribution in [0.3, 0.4) is 0 Å². The number of nitrogens with zero attached hydrogens (tertiary/aromatic N) is 4. The van der Waals surface area contributed by atoms with Gasteiger partial charge in [-0.1, -0.05) is 13.8 Å². The highest BCUT2D eigenvalue weighted by molar-refractivity contribution is 5.96. The second kappa shape index (κ2) is 10.8. The number of carbonyl (C=O) groups is 2. The van der Waals surface area contributed by atoms with E-state index in [2.05, 4.69) is 29.4 Å². The molecule has 0 spiro atoms. The van der Waals surface area contributed by atoms with Crippen LogP contribution in [0.2, 0.25) is 0 Å². The minimum Gasteiger partial charge on any atom is -0.352 e. The van der Waals surface area contributed by atoms with Crippen LogP contribution in [0.15, 0.2) is 30.3 Å². The quantitative estimate of drug-likeness (QED) is 0.481. The molecule has 1 N–H and O–H groups in total. The number of carbonyl (C=O) groups excluding carboxylic acids is 2. The van der Waals surface area contributed by atoms with Crippen molar-refractivity contribution in [3.63, 3.8) is 0 Å². The van der Waals surface area contributed by atoms with Crippen molar-refractivity contribution in [2.24, 2.45) is 5.92 Å². The summed E-state index contributed by atoms with van der Waals surface area (Å²) in [7, 11) is 0. The molecule has 1 aromatic carbocycles. The second-order valence-electron chi connectivity index (χ2n) is 8.54. The van der Waals surface area contributed by atoms with Crippen molar-refractivity contribution in [1.82, 2.24) is 20.4 Å². The van der Waals surface area contributed by atoms with Crippen molar-refractivity contribution < 1.29 is 27.2 Å². The highest BCUT2D eigenvalue weighted by atomic mass is 19.4. The summed E-state index contributed by atoms with van der Waals surface area (Å²) in [4.78, 5) is 27.9. The molecule has 3 rings (SSSR count). The van der Waals surface area contributed by atoms with Crippen molar-refractivity contribution in [3.8, 4) is 0 Å². The molecule has 1 aromatic heterocycles. The fourth-order valence-corrected chi connectivity index (χ4v) is 3.67. The Hall–Kier alpha value is -3.24. The minimum atomic E-state index is -4.77. The predicted octanol–water partition coefficient (Wildman–Crippen LogP) is 3.76. The fraction of sp³-hybridized carbons (Fsp3) is 0.478. The summed E-state index contributed by atoms with van der Waals surface area (Å²) < 4.78 is 53.3. The molecule has 1 fully saturated rings. The van der Waals surface area contributed by atoms with E-state index in [1.54, 1.807) is 12.1 Å². The van der Waals surface area contributed by atoms with E-state index in [9.17, 15) is 27.2 Å². The Morgan fingerprint density at radius 2 is 1.76 bits per heavy atom. The number of anilines is 1. The van der Waals surface area contributed by atoms with Gasteiger partial charge in [-0.15, -0.1) is 10.2 Å². The maximum Gasteiger partial charge on any atom is 0.417 e. The van der Waals surface area contributed by atoms with Crippen molar-refractivity contribution in [1.29, 1.82) is 0 Å². The molecule has 0 radical (unpaired) electrons. The third-order valence-corrected chi connectivity index (χ3v) is 5.54. The van der Waals surface area contributed by atoms with Gasteiger partial charge in [-0.2, -0.15) is 13.2 Å². The lowest BCUT2D eigenvalue weighted by molar-refractivity contribution is -0.138. The number of hydrogen-bond acceptors (Lipinski definition) is 5. The number of aromatic nitrogens is 2. The van der Waals surface area contributed by atoms with Crippen LogP contribution in [0.4, 0.5) is 23.4 Å². The number of rotatable bonds is 7. The Morgan fingerprint density at radius 1 is 1.06 bits per heavy atom. The van der Waals surface area contributed by atoms with Crippen LogP contribution in [-0.4, -0.2) is 59.6 Å². The molecule has 1 saturated heterocycles. The van der Waals surface area contributed by atoms with Crippen LogP contribution in [-0.2, 0) is 6.18 Å². The van der Waals surface area contributed by atoms with Gasteiger partial charge in [-0.05, 0) is 49.1 Å². The number of alkyl halides is 3. The SMILES string of the molecule is CC(C)CCCNC(=O)c1ccc(N2CCN(C(=O)c3cc(F)ccc3C(F)(F)F)CC2)nn1. The molecule has 0 aliphatic carbocycles. The Morgan fingerprint density at radius 3 is 2.35 bits per heavy atom. The van der Waals surface area contributed by atoms with Gasteiger partial charge in [0.2, 0.25) is 0 Å². The highest BCUT2D eigenvalue weighted by Gasteiger charge is 2.37. The molecule has 1 aliphatic rings. The Bertz CT molecular complexity index is 1000. The molecule has 7 nitrogen and oxygen atoms in total. The lowest BCUT2D eigenvalue weighted by atomic mass is 10.0. The second-order valence-corrected chi connectivity index (χ2v) is 8.54. The van der Waals surface area contributed by atoms with E-state index in [-0.39, 0.29) is 24.7 Å². The van der Waals surface area contributed by atoms with Gasteiger partial charge < -0.3 is 15.1 Å². The van der Waals surface area contributed by atoms with Crippen molar-refractivity contribution in [3.05, 3.63) is 53.0 Å². The van der Waals surface area contributed by atoms with E-state index in [1.165, 1.54) is 4.90 Å². The highest BCUT2D eigenvalue weighted by Crippen LogP contribution is 2.33. The zero-order valence-electron chi connectivity index (χ0n) is 19.0. The summed E-state index contributed by atoms with van der Waals surface area (Å²) in [6.45, 7) is 5.65. The fourth-order valence-electron chi connectivity index (χ4n) is 3.67. The van der Waals surface area contributed by atoms with E-state index >= 15 is 0 Å². The molecule has 0 bridgehead atoms. The molecule has 184 valence electrons. The normalized spacial score (nSPS) is 14.4. The van der Waals surface area contributed by atoms with Crippen LogP contribution in [0.5, 0.6) is 0 Å².